The monoisotopic (exact) mass is 269 g/mol. The molecule has 1 rings (SSSR count). The Bertz CT molecular complexity index is 421. The molecule has 0 saturated heterocycles. The molecule has 0 fully saturated rings. The summed E-state index contributed by atoms with van der Waals surface area (Å²) in [6, 6.07) is 1.91. The smallest absolute Gasteiger partial charge is 0.261 e. The van der Waals surface area contributed by atoms with Crippen LogP contribution in [-0.4, -0.2) is 23.5 Å². The van der Waals surface area contributed by atoms with Crippen LogP contribution in [0.2, 0.25) is 0 Å². The van der Waals surface area contributed by atoms with Crippen molar-refractivity contribution in [2.24, 2.45) is 10.9 Å². The molecule has 1 aromatic heterocycles. The Morgan fingerprint density at radius 1 is 1.50 bits per heavy atom. The van der Waals surface area contributed by atoms with E-state index in [1.807, 2.05) is 19.9 Å². The van der Waals surface area contributed by atoms with Crippen LogP contribution < -0.4 is 11.1 Å². The summed E-state index contributed by atoms with van der Waals surface area (Å²) in [5.74, 6) is 0.200. The second kappa shape index (κ2) is 7.00. The van der Waals surface area contributed by atoms with E-state index in [4.69, 9.17) is 10.9 Å². The number of oxime groups is 1. The van der Waals surface area contributed by atoms with Crippen LogP contribution in [0.15, 0.2) is 11.2 Å². The Hall–Kier alpha value is -1.56. The van der Waals surface area contributed by atoms with Gasteiger partial charge >= 0.3 is 0 Å². The molecule has 1 amide bonds. The van der Waals surface area contributed by atoms with Gasteiger partial charge in [-0.2, -0.15) is 0 Å². The molecule has 6 heteroatoms. The van der Waals surface area contributed by atoms with E-state index < -0.39 is 0 Å². The highest BCUT2D eigenvalue weighted by Gasteiger charge is 2.09. The first-order valence-electron chi connectivity index (χ1n) is 5.86. The number of rotatable bonds is 6. The highest BCUT2D eigenvalue weighted by molar-refractivity contribution is 7.14. The first kappa shape index (κ1) is 14.5. The van der Waals surface area contributed by atoms with Crippen molar-refractivity contribution in [1.29, 1.82) is 0 Å². The van der Waals surface area contributed by atoms with Gasteiger partial charge in [-0.05, 0) is 38.3 Å². The molecule has 0 aliphatic heterocycles. The summed E-state index contributed by atoms with van der Waals surface area (Å²) in [4.78, 5) is 13.7. The Morgan fingerprint density at radius 2 is 2.22 bits per heavy atom. The number of unbranched alkanes of at least 4 members (excludes halogenated alkanes) is 1. The second-order valence-electron chi connectivity index (χ2n) is 4.15. The molecule has 0 unspecified atom stereocenters. The van der Waals surface area contributed by atoms with Gasteiger partial charge in [-0.3, -0.25) is 4.79 Å². The lowest BCUT2D eigenvalue weighted by molar-refractivity contribution is 0.0957. The van der Waals surface area contributed by atoms with Crippen LogP contribution in [0.5, 0.6) is 0 Å². The average molecular weight is 269 g/mol. The van der Waals surface area contributed by atoms with E-state index in [9.17, 15) is 4.79 Å². The maximum atomic E-state index is 11.8. The summed E-state index contributed by atoms with van der Waals surface area (Å²) in [5.41, 5.74) is 6.49. The van der Waals surface area contributed by atoms with E-state index in [1.165, 1.54) is 16.2 Å². The Balaban J connectivity index is 2.25. The predicted molar refractivity (Wildman–Crippen MR) is 73.4 cm³/mol. The van der Waals surface area contributed by atoms with Crippen molar-refractivity contribution in [2.75, 3.05) is 6.54 Å². The standard InChI is InChI=1S/C12H19N3O2S/c1-8-7-10(18-9(8)2)12(16)14-6-4-3-5-11(13)15-17/h7,17H,3-6H2,1-2H3,(H2,13,15)(H,14,16). The molecular weight excluding hydrogens is 250 g/mol. The number of carbonyl (C=O) groups is 1. The van der Waals surface area contributed by atoms with Gasteiger partial charge < -0.3 is 16.3 Å². The molecule has 1 heterocycles. The van der Waals surface area contributed by atoms with Crippen LogP contribution >= 0.6 is 11.3 Å². The molecule has 0 bridgehead atoms. The van der Waals surface area contributed by atoms with Crippen molar-refractivity contribution >= 4 is 23.1 Å². The summed E-state index contributed by atoms with van der Waals surface area (Å²) < 4.78 is 0. The molecule has 100 valence electrons. The molecule has 0 radical (unpaired) electrons. The topological polar surface area (TPSA) is 87.7 Å². The minimum absolute atomic E-state index is 0.0278. The van der Waals surface area contributed by atoms with E-state index >= 15 is 0 Å². The third kappa shape index (κ3) is 4.37. The Labute approximate surface area is 111 Å². The first-order valence-corrected chi connectivity index (χ1v) is 6.68. The van der Waals surface area contributed by atoms with E-state index in [0.29, 0.717) is 13.0 Å². The molecule has 5 nitrogen and oxygen atoms in total. The number of hydrogen-bond donors (Lipinski definition) is 3. The van der Waals surface area contributed by atoms with Gasteiger partial charge in [0.2, 0.25) is 0 Å². The number of thiophene rings is 1. The lowest BCUT2D eigenvalue weighted by Gasteiger charge is -2.03. The Morgan fingerprint density at radius 3 is 2.78 bits per heavy atom. The summed E-state index contributed by atoms with van der Waals surface area (Å²) in [6.07, 6.45) is 2.15. The first-order chi connectivity index (χ1) is 8.54. The predicted octanol–water partition coefficient (Wildman–Crippen LogP) is 2.01. The molecule has 0 aliphatic rings. The highest BCUT2D eigenvalue weighted by Crippen LogP contribution is 2.20. The Kier molecular flexibility index (Phi) is 5.64. The third-order valence-corrected chi connectivity index (χ3v) is 3.81. The number of nitrogens with one attached hydrogen (secondary N) is 1. The van der Waals surface area contributed by atoms with Gasteiger partial charge in [0.05, 0.1) is 4.88 Å². The maximum Gasteiger partial charge on any atom is 0.261 e. The van der Waals surface area contributed by atoms with Gasteiger partial charge in [0.15, 0.2) is 0 Å². The summed E-state index contributed by atoms with van der Waals surface area (Å²) in [6.45, 7) is 4.61. The zero-order chi connectivity index (χ0) is 13.5. The van der Waals surface area contributed by atoms with E-state index in [0.717, 1.165) is 23.3 Å². The van der Waals surface area contributed by atoms with Crippen LogP contribution in [0.3, 0.4) is 0 Å². The minimum Gasteiger partial charge on any atom is -0.409 e. The quantitative estimate of drug-likeness (QED) is 0.243. The van der Waals surface area contributed by atoms with Crippen molar-refractivity contribution in [3.63, 3.8) is 0 Å². The summed E-state index contributed by atoms with van der Waals surface area (Å²) in [7, 11) is 0. The van der Waals surface area contributed by atoms with Gasteiger partial charge in [-0.25, -0.2) is 0 Å². The number of amidine groups is 1. The van der Waals surface area contributed by atoms with Crippen molar-refractivity contribution in [1.82, 2.24) is 5.32 Å². The van der Waals surface area contributed by atoms with Crippen LogP contribution in [0.4, 0.5) is 0 Å². The van der Waals surface area contributed by atoms with Gasteiger partial charge in [-0.15, -0.1) is 11.3 Å². The highest BCUT2D eigenvalue weighted by atomic mass is 32.1. The molecular formula is C12H19N3O2S. The minimum atomic E-state index is -0.0278. The fourth-order valence-corrected chi connectivity index (χ4v) is 2.41. The van der Waals surface area contributed by atoms with Crippen LogP contribution in [0, 0.1) is 13.8 Å². The van der Waals surface area contributed by atoms with Crippen molar-refractivity contribution in [3.05, 3.63) is 21.4 Å². The fourth-order valence-electron chi connectivity index (χ4n) is 1.46. The number of nitrogens with two attached hydrogens (primary N) is 1. The zero-order valence-electron chi connectivity index (χ0n) is 10.7. The van der Waals surface area contributed by atoms with E-state index in [1.54, 1.807) is 0 Å². The van der Waals surface area contributed by atoms with Gasteiger partial charge in [0, 0.05) is 17.8 Å². The molecule has 18 heavy (non-hydrogen) atoms. The van der Waals surface area contributed by atoms with Gasteiger partial charge in [0.1, 0.15) is 5.84 Å². The van der Waals surface area contributed by atoms with Gasteiger partial charge in [-0.1, -0.05) is 5.16 Å². The average Bonchev–Trinajstić information content (AvgIpc) is 2.68. The van der Waals surface area contributed by atoms with Gasteiger partial charge in [0.25, 0.3) is 5.91 Å². The molecule has 0 atom stereocenters. The number of nitrogens with zero attached hydrogens (tertiary/aromatic N) is 1. The molecule has 0 aromatic carbocycles. The van der Waals surface area contributed by atoms with E-state index in [-0.39, 0.29) is 11.7 Å². The van der Waals surface area contributed by atoms with E-state index in [2.05, 4.69) is 10.5 Å². The summed E-state index contributed by atoms with van der Waals surface area (Å²) >= 11 is 1.51. The SMILES string of the molecule is Cc1cc(C(=O)NCCCCC(N)=NO)sc1C. The number of amides is 1. The number of hydrogen-bond acceptors (Lipinski definition) is 4. The second-order valence-corrected chi connectivity index (χ2v) is 5.41. The molecule has 4 N–H and O–H groups in total. The lowest BCUT2D eigenvalue weighted by Crippen LogP contribution is -2.23. The maximum absolute atomic E-state index is 11.8. The third-order valence-electron chi connectivity index (χ3n) is 2.66. The number of aryl methyl sites for hydroxylation is 2. The lowest BCUT2D eigenvalue weighted by atomic mass is 10.2. The largest absolute Gasteiger partial charge is 0.409 e. The summed E-state index contributed by atoms with van der Waals surface area (Å²) in [5, 5.41) is 14.1. The normalized spacial score (nSPS) is 11.6. The van der Waals surface area contributed by atoms with Crippen molar-refractivity contribution in [2.45, 2.75) is 33.1 Å². The fraction of sp³-hybridized carbons (Fsp3) is 0.500. The van der Waals surface area contributed by atoms with Crippen LogP contribution in [0.25, 0.3) is 0 Å². The zero-order valence-corrected chi connectivity index (χ0v) is 11.5. The molecule has 1 aromatic rings. The molecule has 0 spiro atoms. The van der Waals surface area contributed by atoms with Crippen molar-refractivity contribution < 1.29 is 10.0 Å². The number of carbonyl (C=O) groups excluding carboxylic acids is 1. The van der Waals surface area contributed by atoms with Crippen LogP contribution in [0.1, 0.15) is 39.4 Å². The van der Waals surface area contributed by atoms with Crippen LogP contribution in [-0.2, 0) is 0 Å². The molecule has 0 aliphatic carbocycles. The van der Waals surface area contributed by atoms with Crippen molar-refractivity contribution in [3.8, 4) is 0 Å². The molecule has 0 saturated carbocycles.